The maximum atomic E-state index is 13.3. The highest BCUT2D eigenvalue weighted by atomic mass is 35.5. The quantitative estimate of drug-likeness (QED) is 0.519. The van der Waals surface area contributed by atoms with E-state index in [0.717, 1.165) is 42.6 Å². The van der Waals surface area contributed by atoms with Gasteiger partial charge in [0, 0.05) is 24.8 Å². The van der Waals surface area contributed by atoms with Crippen LogP contribution >= 0.6 is 12.4 Å². The van der Waals surface area contributed by atoms with Crippen LogP contribution in [0.3, 0.4) is 0 Å². The van der Waals surface area contributed by atoms with E-state index in [4.69, 9.17) is 5.73 Å². The zero-order valence-corrected chi connectivity index (χ0v) is 16.7. The van der Waals surface area contributed by atoms with E-state index in [0.29, 0.717) is 6.54 Å². The number of hydrogen-bond donors (Lipinski definition) is 3. The van der Waals surface area contributed by atoms with E-state index in [1.54, 1.807) is 18.0 Å². The van der Waals surface area contributed by atoms with Crippen LogP contribution < -0.4 is 11.1 Å². The molecule has 0 aliphatic rings. The number of amides is 2. The van der Waals surface area contributed by atoms with Crippen molar-refractivity contribution in [3.63, 3.8) is 0 Å². The van der Waals surface area contributed by atoms with Crippen molar-refractivity contribution in [3.8, 4) is 11.3 Å². The van der Waals surface area contributed by atoms with Crippen LogP contribution in [0.2, 0.25) is 0 Å². The van der Waals surface area contributed by atoms with Gasteiger partial charge in [-0.1, -0.05) is 18.6 Å². The minimum absolute atomic E-state index is 0. The van der Waals surface area contributed by atoms with Gasteiger partial charge in [-0.15, -0.1) is 12.4 Å². The van der Waals surface area contributed by atoms with E-state index in [1.165, 1.54) is 12.1 Å². The Labute approximate surface area is 170 Å². The first kappa shape index (κ1) is 23.6. The van der Waals surface area contributed by atoms with Crippen LogP contribution in [0, 0.1) is 5.82 Å². The highest BCUT2D eigenvalue weighted by Crippen LogP contribution is 2.19. The van der Waals surface area contributed by atoms with Crippen molar-refractivity contribution in [3.05, 3.63) is 41.8 Å². The third-order valence-electron chi connectivity index (χ3n) is 4.24. The van der Waals surface area contributed by atoms with Gasteiger partial charge in [-0.25, -0.2) is 4.39 Å². The minimum atomic E-state index is -0.339. The molecule has 0 saturated heterocycles. The Morgan fingerprint density at radius 1 is 1.25 bits per heavy atom. The third kappa shape index (κ3) is 7.66. The standard InChI is InChI=1S/C19H26FN5O2.ClH/c1-25(19(27)13-22-18(26)12-21)9-4-2-3-8-16-11-17(24-23-16)14-6-5-7-15(20)10-14;/h5-7,10-11H,2-4,8-9,12-13,21H2,1H3,(H,22,26)(H,23,24);1H. The van der Waals surface area contributed by atoms with Crippen LogP contribution in [0.1, 0.15) is 25.0 Å². The van der Waals surface area contributed by atoms with Gasteiger partial charge < -0.3 is 16.0 Å². The van der Waals surface area contributed by atoms with Gasteiger partial charge in [0.1, 0.15) is 5.82 Å². The lowest BCUT2D eigenvalue weighted by Gasteiger charge is -2.17. The van der Waals surface area contributed by atoms with Gasteiger partial charge in [-0.2, -0.15) is 5.10 Å². The Morgan fingerprint density at radius 2 is 2.04 bits per heavy atom. The second kappa shape index (κ2) is 12.1. The molecule has 0 saturated carbocycles. The molecule has 0 radical (unpaired) electrons. The van der Waals surface area contributed by atoms with Crippen molar-refractivity contribution < 1.29 is 14.0 Å². The Balaban J connectivity index is 0.00000392. The van der Waals surface area contributed by atoms with Gasteiger partial charge in [0.25, 0.3) is 0 Å². The van der Waals surface area contributed by atoms with Gasteiger partial charge >= 0.3 is 0 Å². The summed E-state index contributed by atoms with van der Waals surface area (Å²) in [6, 6.07) is 8.29. The van der Waals surface area contributed by atoms with Gasteiger partial charge in [-0.3, -0.25) is 14.7 Å². The lowest BCUT2D eigenvalue weighted by atomic mass is 10.1. The van der Waals surface area contributed by atoms with Crippen LogP contribution in [0.4, 0.5) is 4.39 Å². The number of aromatic nitrogens is 2. The number of aromatic amines is 1. The molecule has 2 rings (SSSR count). The van der Waals surface area contributed by atoms with Crippen LogP contribution in [0.25, 0.3) is 11.3 Å². The van der Waals surface area contributed by atoms with Crippen molar-refractivity contribution in [2.75, 3.05) is 26.7 Å². The van der Waals surface area contributed by atoms with Crippen LogP contribution in [-0.2, 0) is 16.0 Å². The molecule has 1 aromatic carbocycles. The maximum Gasteiger partial charge on any atom is 0.241 e. The fraction of sp³-hybridized carbons (Fsp3) is 0.421. The van der Waals surface area contributed by atoms with E-state index in [1.807, 2.05) is 12.1 Å². The Bertz CT molecular complexity index is 768. The molecule has 28 heavy (non-hydrogen) atoms. The number of H-pyrrole nitrogens is 1. The van der Waals surface area contributed by atoms with Crippen molar-refractivity contribution >= 4 is 24.2 Å². The summed E-state index contributed by atoms with van der Waals surface area (Å²) in [4.78, 5) is 24.5. The topological polar surface area (TPSA) is 104 Å². The Kier molecular flexibility index (Phi) is 10.2. The van der Waals surface area contributed by atoms with E-state index < -0.39 is 0 Å². The fourth-order valence-corrected chi connectivity index (χ4v) is 2.63. The first-order valence-corrected chi connectivity index (χ1v) is 9.00. The number of hydrogen-bond acceptors (Lipinski definition) is 4. The average molecular weight is 412 g/mol. The van der Waals surface area contributed by atoms with Gasteiger partial charge in [0.05, 0.1) is 18.8 Å². The zero-order valence-electron chi connectivity index (χ0n) is 15.9. The van der Waals surface area contributed by atoms with Crippen molar-refractivity contribution in [2.45, 2.75) is 25.7 Å². The molecule has 1 heterocycles. The molecule has 154 valence electrons. The van der Waals surface area contributed by atoms with Crippen LogP contribution in [0.5, 0.6) is 0 Å². The highest BCUT2D eigenvalue weighted by molar-refractivity contribution is 5.85. The zero-order chi connectivity index (χ0) is 19.6. The van der Waals surface area contributed by atoms with Gasteiger partial charge in [0.2, 0.25) is 11.8 Å². The Morgan fingerprint density at radius 3 is 2.75 bits per heavy atom. The molecular weight excluding hydrogens is 385 g/mol. The second-order valence-electron chi connectivity index (χ2n) is 6.40. The molecule has 7 nitrogen and oxygen atoms in total. The molecule has 1 aromatic heterocycles. The predicted octanol–water partition coefficient (Wildman–Crippen LogP) is 1.88. The summed E-state index contributed by atoms with van der Waals surface area (Å²) in [6.07, 6.45) is 3.63. The summed E-state index contributed by atoms with van der Waals surface area (Å²) in [5.74, 6) is -0.752. The van der Waals surface area contributed by atoms with Crippen molar-refractivity contribution in [1.82, 2.24) is 20.4 Å². The second-order valence-corrected chi connectivity index (χ2v) is 6.40. The molecule has 0 bridgehead atoms. The molecule has 0 spiro atoms. The molecule has 0 aliphatic carbocycles. The third-order valence-corrected chi connectivity index (χ3v) is 4.24. The molecule has 9 heteroatoms. The molecular formula is C19H27ClFN5O2. The van der Waals surface area contributed by atoms with Crippen molar-refractivity contribution in [2.24, 2.45) is 5.73 Å². The summed E-state index contributed by atoms with van der Waals surface area (Å²) in [5.41, 5.74) is 7.66. The summed E-state index contributed by atoms with van der Waals surface area (Å²) in [7, 11) is 1.72. The molecule has 0 atom stereocenters. The SMILES string of the molecule is CN(CCCCCc1cc(-c2cccc(F)c2)n[nH]1)C(=O)CNC(=O)CN.Cl. The number of rotatable bonds is 10. The predicted molar refractivity (Wildman–Crippen MR) is 108 cm³/mol. The van der Waals surface area contributed by atoms with E-state index >= 15 is 0 Å². The van der Waals surface area contributed by atoms with Crippen molar-refractivity contribution in [1.29, 1.82) is 0 Å². The smallest absolute Gasteiger partial charge is 0.241 e. The monoisotopic (exact) mass is 411 g/mol. The Hall–Kier alpha value is -2.45. The lowest BCUT2D eigenvalue weighted by Crippen LogP contribution is -2.40. The number of nitrogens with two attached hydrogens (primary N) is 1. The number of carbonyl (C=O) groups excluding carboxylic acids is 2. The number of benzene rings is 1. The molecule has 0 fully saturated rings. The van der Waals surface area contributed by atoms with Gasteiger partial charge in [0.15, 0.2) is 0 Å². The first-order chi connectivity index (χ1) is 13.0. The summed E-state index contributed by atoms with van der Waals surface area (Å²) >= 11 is 0. The number of nitrogens with zero attached hydrogens (tertiary/aromatic N) is 2. The molecule has 0 aliphatic heterocycles. The van der Waals surface area contributed by atoms with Crippen LogP contribution in [-0.4, -0.2) is 53.6 Å². The molecule has 2 aromatic rings. The molecule has 4 N–H and O–H groups in total. The molecule has 2 amide bonds. The summed E-state index contributed by atoms with van der Waals surface area (Å²) in [6.45, 7) is 0.490. The number of likely N-dealkylation sites (N-methyl/N-ethyl adjacent to an activating group) is 1. The van der Waals surface area contributed by atoms with Crippen LogP contribution in [0.15, 0.2) is 30.3 Å². The number of nitrogens with one attached hydrogen (secondary N) is 2. The number of carbonyl (C=O) groups is 2. The van der Waals surface area contributed by atoms with E-state index in [-0.39, 0.29) is 43.1 Å². The maximum absolute atomic E-state index is 13.3. The molecule has 0 unspecified atom stereocenters. The minimum Gasteiger partial charge on any atom is -0.346 e. The number of unbranched alkanes of at least 4 members (excludes halogenated alkanes) is 2. The average Bonchev–Trinajstić information content (AvgIpc) is 3.14. The lowest BCUT2D eigenvalue weighted by molar-refractivity contribution is -0.131. The van der Waals surface area contributed by atoms with Gasteiger partial charge in [-0.05, 0) is 37.5 Å². The number of halogens is 2. The highest BCUT2D eigenvalue weighted by Gasteiger charge is 2.09. The number of aryl methyl sites for hydroxylation is 1. The van der Waals surface area contributed by atoms with E-state index in [9.17, 15) is 14.0 Å². The normalized spacial score (nSPS) is 10.2. The first-order valence-electron chi connectivity index (χ1n) is 9.00. The van der Waals surface area contributed by atoms with E-state index in [2.05, 4.69) is 15.5 Å². The largest absolute Gasteiger partial charge is 0.346 e. The summed E-state index contributed by atoms with van der Waals surface area (Å²) < 4.78 is 13.3. The fourth-order valence-electron chi connectivity index (χ4n) is 2.63. The summed E-state index contributed by atoms with van der Waals surface area (Å²) in [5, 5.41) is 9.68.